The van der Waals surface area contributed by atoms with E-state index in [0.717, 1.165) is 38.6 Å². The molecule has 27 heavy (non-hydrogen) atoms. The second-order valence-electron chi connectivity index (χ2n) is 6.99. The molecule has 1 aromatic rings. The van der Waals surface area contributed by atoms with Gasteiger partial charge in [-0.1, -0.05) is 0 Å². The van der Waals surface area contributed by atoms with Gasteiger partial charge in [0.15, 0.2) is 0 Å². The van der Waals surface area contributed by atoms with Gasteiger partial charge in [0.25, 0.3) is 0 Å². The predicted molar refractivity (Wildman–Crippen MR) is 91.4 cm³/mol. The van der Waals surface area contributed by atoms with Crippen LogP contribution in [0.5, 0.6) is 0 Å². The Hall–Kier alpha value is -1.23. The van der Waals surface area contributed by atoms with Crippen LogP contribution >= 0.6 is 11.3 Å². The first-order valence-corrected chi connectivity index (χ1v) is 9.88. The minimum Gasteiger partial charge on any atom is -0.475 e. The lowest BCUT2D eigenvalue weighted by Crippen LogP contribution is -2.51. The zero-order valence-electron chi connectivity index (χ0n) is 14.7. The van der Waals surface area contributed by atoms with E-state index in [9.17, 15) is 13.2 Å². The van der Waals surface area contributed by atoms with Crippen molar-refractivity contribution in [1.82, 2.24) is 9.88 Å². The molecule has 10 heteroatoms. The minimum atomic E-state index is -5.08. The van der Waals surface area contributed by atoms with Crippen molar-refractivity contribution < 1.29 is 32.5 Å². The van der Waals surface area contributed by atoms with Crippen LogP contribution in [0.4, 0.5) is 13.2 Å². The number of aromatic nitrogens is 1. The lowest BCUT2D eigenvalue weighted by Gasteiger charge is -2.38. The average Bonchev–Trinajstić information content (AvgIpc) is 3.12. The largest absolute Gasteiger partial charge is 0.490 e. The van der Waals surface area contributed by atoms with Crippen molar-refractivity contribution in [1.29, 1.82) is 0 Å². The van der Waals surface area contributed by atoms with E-state index in [1.807, 2.05) is 6.20 Å². The summed E-state index contributed by atoms with van der Waals surface area (Å²) >= 11 is 1.75. The van der Waals surface area contributed by atoms with Crippen LogP contribution < -0.4 is 0 Å². The van der Waals surface area contributed by atoms with Crippen LogP contribution in [0.3, 0.4) is 0 Å². The number of nitrogens with zero attached hydrogens (tertiary/aromatic N) is 2. The topological polar surface area (TPSA) is 71.9 Å². The molecule has 0 amide bonds. The molecule has 3 fully saturated rings. The van der Waals surface area contributed by atoms with E-state index in [4.69, 9.17) is 19.4 Å². The van der Waals surface area contributed by atoms with E-state index in [-0.39, 0.29) is 6.10 Å². The van der Waals surface area contributed by atoms with E-state index < -0.39 is 12.1 Å². The average molecular weight is 408 g/mol. The van der Waals surface area contributed by atoms with E-state index in [2.05, 4.69) is 15.3 Å². The van der Waals surface area contributed by atoms with E-state index >= 15 is 0 Å². The predicted octanol–water partition coefficient (Wildman–Crippen LogP) is 2.93. The molecule has 6 nitrogen and oxygen atoms in total. The van der Waals surface area contributed by atoms with Gasteiger partial charge in [-0.25, -0.2) is 9.78 Å². The van der Waals surface area contributed by atoms with Crippen molar-refractivity contribution >= 4 is 17.3 Å². The number of ether oxygens (including phenoxy) is 2. The Labute approximate surface area is 159 Å². The number of carbonyl (C=O) groups is 1. The van der Waals surface area contributed by atoms with Crippen LogP contribution in [0.25, 0.3) is 0 Å². The summed E-state index contributed by atoms with van der Waals surface area (Å²) in [5, 5.41) is 10.4. The molecule has 4 rings (SSSR count). The molecule has 3 aliphatic rings. The molecule has 0 spiro atoms. The summed E-state index contributed by atoms with van der Waals surface area (Å²) in [4.78, 5) is 15.9. The first-order chi connectivity index (χ1) is 12.8. The highest BCUT2D eigenvalue weighted by Crippen LogP contribution is 2.35. The summed E-state index contributed by atoms with van der Waals surface area (Å²) in [6.07, 6.45) is 2.48. The second kappa shape index (κ2) is 8.85. The molecule has 0 aromatic carbocycles. The van der Waals surface area contributed by atoms with Gasteiger partial charge in [0.2, 0.25) is 0 Å². The Morgan fingerprint density at radius 1 is 1.37 bits per heavy atom. The van der Waals surface area contributed by atoms with Gasteiger partial charge in [-0.05, 0) is 31.6 Å². The Morgan fingerprint density at radius 3 is 2.70 bits per heavy atom. The maximum absolute atomic E-state index is 10.6. The van der Waals surface area contributed by atoms with Gasteiger partial charge in [0, 0.05) is 30.8 Å². The molecule has 0 unspecified atom stereocenters. The summed E-state index contributed by atoms with van der Waals surface area (Å²) in [5.74, 6) is -1.92. The molecule has 1 aromatic heterocycles. The molecule has 2 heterocycles. The van der Waals surface area contributed by atoms with Gasteiger partial charge in [0.1, 0.15) is 5.01 Å². The Balaban J connectivity index is 0.000000260. The van der Waals surface area contributed by atoms with E-state index in [1.165, 1.54) is 24.3 Å². The van der Waals surface area contributed by atoms with Gasteiger partial charge in [-0.3, -0.25) is 4.90 Å². The van der Waals surface area contributed by atoms with Crippen LogP contribution in [0.1, 0.15) is 30.7 Å². The number of carboxylic acids is 1. The minimum absolute atomic E-state index is 0.280. The van der Waals surface area contributed by atoms with Crippen molar-refractivity contribution in [2.45, 2.75) is 56.7 Å². The maximum Gasteiger partial charge on any atom is 0.490 e. The zero-order chi connectivity index (χ0) is 19.4. The number of morpholine rings is 1. The van der Waals surface area contributed by atoms with Crippen LogP contribution in [0.15, 0.2) is 11.6 Å². The van der Waals surface area contributed by atoms with Crippen molar-refractivity contribution in [2.24, 2.45) is 5.92 Å². The molecule has 1 N–H and O–H groups in total. The lowest BCUT2D eigenvalue weighted by atomic mass is 10.1. The van der Waals surface area contributed by atoms with Crippen LogP contribution in [-0.4, -0.2) is 65.1 Å². The van der Waals surface area contributed by atoms with Crippen molar-refractivity contribution in [2.75, 3.05) is 19.8 Å². The fourth-order valence-electron chi connectivity index (χ4n) is 3.42. The molecule has 0 radical (unpaired) electrons. The third kappa shape index (κ3) is 5.87. The number of carboxylic acid groups (broad SMARTS) is 1. The number of thiazole rings is 1. The summed E-state index contributed by atoms with van der Waals surface area (Å²) in [6, 6.07) is 0.525. The van der Waals surface area contributed by atoms with Gasteiger partial charge >= 0.3 is 12.1 Å². The fraction of sp³-hybridized carbons (Fsp3) is 0.765. The number of alkyl halides is 3. The summed E-state index contributed by atoms with van der Waals surface area (Å²) in [5.41, 5.74) is 0. The van der Waals surface area contributed by atoms with Crippen molar-refractivity contribution in [3.8, 4) is 0 Å². The summed E-state index contributed by atoms with van der Waals surface area (Å²) < 4.78 is 43.9. The molecule has 152 valence electrons. The van der Waals surface area contributed by atoms with Gasteiger partial charge in [0.05, 0.1) is 25.4 Å². The number of halogens is 3. The molecule has 1 saturated heterocycles. The molecular weight excluding hydrogens is 385 g/mol. The molecule has 2 aliphatic carbocycles. The number of fused-ring (bicyclic) bond motifs is 1. The SMILES string of the molecule is O=C(O)C(F)(F)F.c1csc(CN2CCO[C@H]3[C@H](OCC4CC4)CC[C@@H]32)n1. The van der Waals surface area contributed by atoms with Gasteiger partial charge < -0.3 is 14.6 Å². The molecule has 2 saturated carbocycles. The van der Waals surface area contributed by atoms with Crippen LogP contribution in [0.2, 0.25) is 0 Å². The highest BCUT2D eigenvalue weighted by atomic mass is 32.1. The quantitative estimate of drug-likeness (QED) is 0.808. The smallest absolute Gasteiger partial charge is 0.475 e. The lowest BCUT2D eigenvalue weighted by molar-refractivity contribution is -0.192. The van der Waals surface area contributed by atoms with Crippen LogP contribution in [-0.2, 0) is 20.8 Å². The summed E-state index contributed by atoms with van der Waals surface area (Å²) in [6.45, 7) is 3.77. The number of hydrogen-bond acceptors (Lipinski definition) is 6. The number of hydrogen-bond donors (Lipinski definition) is 1. The van der Waals surface area contributed by atoms with Gasteiger partial charge in [-0.2, -0.15) is 13.2 Å². The Kier molecular flexibility index (Phi) is 6.72. The fourth-order valence-corrected chi connectivity index (χ4v) is 4.06. The molecular formula is C17H23F3N2O4S. The standard InChI is InChI=1S/C15H22N2O2S.C2HF3O2/c1-2-11(1)10-19-13-4-3-12-15(13)18-7-6-17(12)9-14-16-5-8-20-14;3-2(4,5)1(6)7/h5,8,11-13,15H,1-4,6-7,9-10H2;(H,6,7)/t12-,13+,15+;/m0./s1. The van der Waals surface area contributed by atoms with Gasteiger partial charge in [-0.15, -0.1) is 11.3 Å². The van der Waals surface area contributed by atoms with E-state index in [1.54, 1.807) is 11.3 Å². The molecule has 1 aliphatic heterocycles. The third-order valence-electron chi connectivity index (χ3n) is 4.96. The monoisotopic (exact) mass is 408 g/mol. The maximum atomic E-state index is 10.6. The number of rotatable bonds is 5. The first kappa shape index (κ1) is 20.5. The first-order valence-electron chi connectivity index (χ1n) is 9.00. The molecule has 3 atom stereocenters. The third-order valence-corrected chi connectivity index (χ3v) is 5.72. The highest BCUT2D eigenvalue weighted by molar-refractivity contribution is 7.09. The second-order valence-corrected chi connectivity index (χ2v) is 7.97. The normalized spacial score (nSPS) is 28.3. The highest BCUT2D eigenvalue weighted by Gasteiger charge is 2.44. The Morgan fingerprint density at radius 2 is 2.11 bits per heavy atom. The number of aliphatic carboxylic acids is 1. The summed E-state index contributed by atoms with van der Waals surface area (Å²) in [7, 11) is 0. The van der Waals surface area contributed by atoms with Crippen molar-refractivity contribution in [3.63, 3.8) is 0 Å². The van der Waals surface area contributed by atoms with E-state index in [0.29, 0.717) is 12.1 Å². The zero-order valence-corrected chi connectivity index (χ0v) is 15.5. The Bertz CT molecular complexity index is 610. The van der Waals surface area contributed by atoms with Crippen molar-refractivity contribution in [3.05, 3.63) is 16.6 Å². The molecule has 0 bridgehead atoms. The van der Waals surface area contributed by atoms with Crippen LogP contribution in [0, 0.1) is 5.92 Å².